The zero-order chi connectivity index (χ0) is 51.6. The third-order valence-electron chi connectivity index (χ3n) is 9.63. The molecule has 0 spiro atoms. The molecule has 70 heavy (non-hydrogen) atoms. The van der Waals surface area contributed by atoms with Crippen molar-refractivity contribution in [2.75, 3.05) is 0 Å². The third kappa shape index (κ3) is 21.8. The average molecular weight is 974 g/mol. The van der Waals surface area contributed by atoms with Crippen molar-refractivity contribution in [3.8, 4) is 17.2 Å². The fourth-order valence-electron chi connectivity index (χ4n) is 6.25. The van der Waals surface area contributed by atoms with Gasteiger partial charge < -0.3 is 62.5 Å². The molecule has 17 heteroatoms. The quantitative estimate of drug-likeness (QED) is 0.0417. The molecule has 0 aliphatic rings. The zero-order valence-electron chi connectivity index (χ0n) is 37.7. The van der Waals surface area contributed by atoms with E-state index in [0.717, 1.165) is 16.7 Å². The molecular weight excluding hydrogens is 918 g/mol. The maximum absolute atomic E-state index is 10.4. The van der Waals surface area contributed by atoms with E-state index >= 15 is 0 Å². The maximum Gasteiger partial charge on any atom is 0.466 e. The molecule has 3 unspecified atom stereocenters. The Balaban J connectivity index is 0.000000253. The van der Waals surface area contributed by atoms with E-state index in [1.807, 2.05) is 0 Å². The van der Waals surface area contributed by atoms with Crippen LogP contribution in [0.15, 0.2) is 194 Å². The van der Waals surface area contributed by atoms with E-state index in [1.165, 1.54) is 69.8 Å². The number of phosphoric acid groups is 1. The van der Waals surface area contributed by atoms with Gasteiger partial charge in [-0.15, -0.1) is 0 Å². The lowest BCUT2D eigenvalue weighted by Crippen LogP contribution is -2.32. The molecular formula is C53H56N3O13P. The summed E-state index contributed by atoms with van der Waals surface area (Å²) in [5, 5.41) is 52.4. The van der Waals surface area contributed by atoms with Gasteiger partial charge in [0.15, 0.2) is 0 Å². The van der Waals surface area contributed by atoms with Crippen molar-refractivity contribution in [2.45, 2.75) is 37.4 Å². The van der Waals surface area contributed by atoms with Gasteiger partial charge in [-0.2, -0.15) is 0 Å². The Morgan fingerprint density at radius 2 is 0.529 bits per heavy atom. The second-order valence-electron chi connectivity index (χ2n) is 15.2. The first-order chi connectivity index (χ1) is 33.2. The number of phenols is 3. The second kappa shape index (κ2) is 29.1. The zero-order valence-corrected chi connectivity index (χ0v) is 38.6. The molecule has 0 heterocycles. The summed E-state index contributed by atoms with van der Waals surface area (Å²) >= 11 is 0. The first-order valence-electron chi connectivity index (χ1n) is 21.2. The molecule has 15 N–H and O–H groups in total. The molecule has 0 aromatic heterocycles. The molecule has 16 nitrogen and oxygen atoms in total. The van der Waals surface area contributed by atoms with E-state index in [-0.39, 0.29) is 36.5 Å². The lowest BCUT2D eigenvalue weighted by atomic mass is 9.86. The molecule has 7 rings (SSSR count). The molecule has 0 radical (unpaired) electrons. The second-order valence-corrected chi connectivity index (χ2v) is 16.2. The molecule has 0 amide bonds. The number of aliphatic carboxylic acids is 3. The van der Waals surface area contributed by atoms with Crippen LogP contribution in [0.5, 0.6) is 17.2 Å². The normalized spacial score (nSPS) is 11.6. The van der Waals surface area contributed by atoms with Crippen molar-refractivity contribution in [1.82, 2.24) is 0 Å². The van der Waals surface area contributed by atoms with Crippen molar-refractivity contribution in [3.05, 3.63) is 233 Å². The summed E-state index contributed by atoms with van der Waals surface area (Å²) in [6, 6.07) is 58.9. The van der Waals surface area contributed by atoms with Crippen LogP contribution in [0.1, 0.15) is 38.9 Å². The Morgan fingerprint density at radius 3 is 0.686 bits per heavy atom. The molecule has 0 bridgehead atoms. The first kappa shape index (κ1) is 56.4. The Hall–Kier alpha value is -7.92. The summed E-state index contributed by atoms with van der Waals surface area (Å²) in [5.74, 6) is -2.58. The lowest BCUT2D eigenvalue weighted by molar-refractivity contribution is -0.139. The highest BCUT2D eigenvalue weighted by atomic mass is 31.2. The molecule has 0 aliphatic heterocycles. The summed E-state index contributed by atoms with van der Waals surface area (Å²) in [4.78, 5) is 52.8. The predicted molar refractivity (Wildman–Crippen MR) is 267 cm³/mol. The Kier molecular flexibility index (Phi) is 23.4. The molecule has 0 saturated carbocycles. The van der Waals surface area contributed by atoms with Crippen LogP contribution in [-0.4, -0.2) is 81.4 Å². The highest BCUT2D eigenvalue weighted by Gasteiger charge is 2.16. The number of carboxylic acid groups (broad SMARTS) is 3. The molecule has 0 saturated heterocycles. The fourth-order valence-corrected chi connectivity index (χ4v) is 6.25. The van der Waals surface area contributed by atoms with Crippen molar-refractivity contribution in [2.24, 2.45) is 17.2 Å². The minimum Gasteiger partial charge on any atom is -0.508 e. The van der Waals surface area contributed by atoms with Gasteiger partial charge in [0.25, 0.3) is 0 Å². The predicted octanol–water partition coefficient (Wildman–Crippen LogP) is 6.81. The number of benzene rings is 7. The summed E-state index contributed by atoms with van der Waals surface area (Å²) in [6.07, 6.45) is 0.820. The monoisotopic (exact) mass is 973 g/mol. The first-order valence-corrected chi connectivity index (χ1v) is 22.8. The maximum atomic E-state index is 10.4. The number of hydrogen-bond donors (Lipinski definition) is 12. The van der Waals surface area contributed by atoms with Gasteiger partial charge >= 0.3 is 25.7 Å². The smallest absolute Gasteiger partial charge is 0.466 e. The molecule has 0 fully saturated rings. The molecule has 3 atom stereocenters. The SMILES string of the molecule is NC(Cc1ccc(O)cc1)C(=O)O.NC(Cc1ccc(O)cc1)C(=O)O.NC(Cc1ccc(O)cc1)C(=O)O.O=P(O)(O)O.c1ccc(C(=C(c2ccccc2)c2ccccc2)c2ccccc2)cc1. The van der Waals surface area contributed by atoms with Crippen LogP contribution in [0.4, 0.5) is 0 Å². The summed E-state index contributed by atoms with van der Waals surface area (Å²) < 4.78 is 8.88. The van der Waals surface area contributed by atoms with E-state index < -0.39 is 43.9 Å². The largest absolute Gasteiger partial charge is 0.508 e. The van der Waals surface area contributed by atoms with E-state index in [9.17, 15) is 14.4 Å². The number of carbonyl (C=O) groups is 3. The number of nitrogens with two attached hydrogens (primary N) is 3. The van der Waals surface area contributed by atoms with Crippen LogP contribution in [0.2, 0.25) is 0 Å². The summed E-state index contributed by atoms with van der Waals surface area (Å²) in [6.45, 7) is 0. The van der Waals surface area contributed by atoms with Gasteiger partial charge in [0.2, 0.25) is 0 Å². The summed E-state index contributed by atoms with van der Waals surface area (Å²) in [5.41, 5.74) is 25.8. The van der Waals surface area contributed by atoms with Gasteiger partial charge in [-0.1, -0.05) is 158 Å². The number of carboxylic acids is 3. The van der Waals surface area contributed by atoms with Gasteiger partial charge in [0, 0.05) is 0 Å². The molecule has 0 aliphatic carbocycles. The van der Waals surface area contributed by atoms with E-state index in [2.05, 4.69) is 121 Å². The molecule has 7 aromatic rings. The van der Waals surface area contributed by atoms with Crippen LogP contribution in [0.3, 0.4) is 0 Å². The van der Waals surface area contributed by atoms with Crippen molar-refractivity contribution < 1.29 is 64.3 Å². The van der Waals surface area contributed by atoms with Crippen LogP contribution in [-0.2, 0) is 38.2 Å². The van der Waals surface area contributed by atoms with Gasteiger partial charge in [-0.25, -0.2) is 4.57 Å². The third-order valence-corrected chi connectivity index (χ3v) is 9.63. The van der Waals surface area contributed by atoms with E-state index in [0.29, 0.717) is 0 Å². The molecule has 366 valence electrons. The minimum absolute atomic E-state index is 0.160. The lowest BCUT2D eigenvalue weighted by Gasteiger charge is -2.18. The van der Waals surface area contributed by atoms with Crippen LogP contribution in [0.25, 0.3) is 11.1 Å². The van der Waals surface area contributed by atoms with E-state index in [4.69, 9.17) is 67.1 Å². The van der Waals surface area contributed by atoms with Crippen molar-refractivity contribution in [1.29, 1.82) is 0 Å². The number of hydrogen-bond acceptors (Lipinski definition) is 10. The van der Waals surface area contributed by atoms with Crippen LogP contribution < -0.4 is 17.2 Å². The van der Waals surface area contributed by atoms with Crippen molar-refractivity contribution >= 4 is 36.9 Å². The minimum atomic E-state index is -4.64. The van der Waals surface area contributed by atoms with E-state index in [1.54, 1.807) is 36.4 Å². The Bertz CT molecular complexity index is 2400. The highest BCUT2D eigenvalue weighted by Crippen LogP contribution is 2.36. The number of phenolic OH excluding ortho intramolecular Hbond substituents is 3. The van der Waals surface area contributed by atoms with Gasteiger partial charge in [0.1, 0.15) is 35.4 Å². The number of rotatable bonds is 13. The van der Waals surface area contributed by atoms with Gasteiger partial charge in [-0.3, -0.25) is 14.4 Å². The van der Waals surface area contributed by atoms with Gasteiger partial charge in [-0.05, 0) is 106 Å². The van der Waals surface area contributed by atoms with Crippen LogP contribution in [0, 0.1) is 0 Å². The number of aromatic hydroxyl groups is 3. The highest BCUT2D eigenvalue weighted by molar-refractivity contribution is 7.45. The standard InChI is InChI=1S/C26H20.3C9H11NO3.H3O4P/c1-5-13-21(14-6-1)25(22-15-7-2-8-16-22)26(23-17-9-3-10-18-23)24-19-11-4-12-20-24;3*10-8(9(12)13)5-6-1-3-7(11)4-2-6;1-5(2,3)4/h1-20H;3*1-4,8,11H,5,10H2,(H,12,13);(H3,1,2,3,4). The fraction of sp³-hybridized carbons (Fsp3) is 0.113. The Labute approximate surface area is 404 Å². The topological polar surface area (TPSA) is 328 Å². The van der Waals surface area contributed by atoms with Gasteiger partial charge in [0.05, 0.1) is 0 Å². The summed E-state index contributed by atoms with van der Waals surface area (Å²) in [7, 11) is -4.64. The average Bonchev–Trinajstić information content (AvgIpc) is 3.34. The van der Waals surface area contributed by atoms with Crippen molar-refractivity contribution in [3.63, 3.8) is 0 Å². The Morgan fingerprint density at radius 1 is 0.357 bits per heavy atom. The van der Waals surface area contributed by atoms with Crippen LogP contribution >= 0.6 is 7.82 Å². The molecule has 7 aromatic carbocycles.